The number of guanidine groups is 2. The highest BCUT2D eigenvalue weighted by Crippen LogP contribution is 2.07. The number of unbranched alkanes of at least 4 members (excludes halogenated alkanes) is 1. The van der Waals surface area contributed by atoms with Gasteiger partial charge in [-0.25, -0.2) is 4.79 Å². The van der Waals surface area contributed by atoms with E-state index in [1.807, 2.05) is 0 Å². The predicted octanol–water partition coefficient (Wildman–Crippen LogP) is -4.05. The molecule has 0 aliphatic rings. The standard InChI is InChI=1S/C23H45N11O7/c24-10-2-1-5-16(21(40)41)34-20(39)15(7-4-12-31-23(28)29)33-19(38)14(6-3-11-30-22(26)27)32-18(37)13(25)8-9-17(35)36/h13-16H,1-12,24-25H2,(H,32,37)(H,33,38)(H,34,39)(H,35,36)(H,40,41)(H4,26,27,30)(H4,28,29,31)/t13-,14-,15-,16-/m0/s1. The van der Waals surface area contributed by atoms with Crippen molar-refractivity contribution in [2.75, 3.05) is 19.6 Å². The Morgan fingerprint density at radius 1 is 0.634 bits per heavy atom. The molecule has 4 atom stereocenters. The van der Waals surface area contributed by atoms with Crippen LogP contribution in [0.3, 0.4) is 0 Å². The maximum absolute atomic E-state index is 13.3. The molecule has 0 unspecified atom stereocenters. The molecule has 0 heterocycles. The van der Waals surface area contributed by atoms with Crippen molar-refractivity contribution in [3.63, 3.8) is 0 Å². The fraction of sp³-hybridized carbons (Fsp3) is 0.696. The van der Waals surface area contributed by atoms with Gasteiger partial charge in [0.1, 0.15) is 18.1 Å². The summed E-state index contributed by atoms with van der Waals surface area (Å²) in [6.45, 7) is 0.635. The monoisotopic (exact) mass is 587 g/mol. The highest BCUT2D eigenvalue weighted by atomic mass is 16.4. The summed E-state index contributed by atoms with van der Waals surface area (Å²) < 4.78 is 0. The molecule has 3 amide bonds. The maximum atomic E-state index is 13.3. The maximum Gasteiger partial charge on any atom is 0.326 e. The summed E-state index contributed by atoms with van der Waals surface area (Å²) in [5.74, 6) is -5.00. The molecular weight excluding hydrogens is 542 g/mol. The van der Waals surface area contributed by atoms with Gasteiger partial charge in [0.15, 0.2) is 11.9 Å². The van der Waals surface area contributed by atoms with Gasteiger partial charge < -0.3 is 60.6 Å². The Hall–Kier alpha value is -4.19. The molecule has 0 radical (unpaired) electrons. The van der Waals surface area contributed by atoms with Crippen LogP contribution in [-0.2, 0) is 24.0 Å². The lowest BCUT2D eigenvalue weighted by atomic mass is 10.0. The number of nitrogens with two attached hydrogens (primary N) is 6. The molecule has 41 heavy (non-hydrogen) atoms. The zero-order valence-electron chi connectivity index (χ0n) is 23.1. The van der Waals surface area contributed by atoms with Crippen LogP contribution in [0.1, 0.15) is 57.8 Å². The van der Waals surface area contributed by atoms with Crippen LogP contribution < -0.4 is 50.4 Å². The molecular formula is C23H45N11O7. The van der Waals surface area contributed by atoms with Crippen molar-refractivity contribution in [3.05, 3.63) is 0 Å². The van der Waals surface area contributed by atoms with Gasteiger partial charge in [0.25, 0.3) is 0 Å². The van der Waals surface area contributed by atoms with Crippen LogP contribution in [0.4, 0.5) is 0 Å². The summed E-state index contributed by atoms with van der Waals surface area (Å²) in [6.07, 6.45) is 1.21. The molecule has 0 aromatic carbocycles. The summed E-state index contributed by atoms with van der Waals surface area (Å²) in [4.78, 5) is 69.1. The largest absolute Gasteiger partial charge is 0.481 e. The molecule has 0 bridgehead atoms. The number of aliphatic carboxylic acids is 2. The molecule has 0 spiro atoms. The van der Waals surface area contributed by atoms with E-state index in [1.54, 1.807) is 0 Å². The average molecular weight is 588 g/mol. The Kier molecular flexibility index (Phi) is 18.6. The smallest absolute Gasteiger partial charge is 0.326 e. The molecule has 0 saturated heterocycles. The van der Waals surface area contributed by atoms with E-state index in [1.165, 1.54) is 0 Å². The second-order valence-corrected chi connectivity index (χ2v) is 9.24. The quantitative estimate of drug-likeness (QED) is 0.0326. The van der Waals surface area contributed by atoms with Gasteiger partial charge in [-0.2, -0.15) is 0 Å². The van der Waals surface area contributed by atoms with E-state index in [4.69, 9.17) is 39.5 Å². The molecule has 0 aromatic heterocycles. The number of hydrogen-bond acceptors (Lipinski definition) is 9. The van der Waals surface area contributed by atoms with Gasteiger partial charge in [-0.15, -0.1) is 0 Å². The molecule has 234 valence electrons. The van der Waals surface area contributed by atoms with Gasteiger partial charge in [0.2, 0.25) is 17.7 Å². The Balaban J connectivity index is 5.75. The van der Waals surface area contributed by atoms with Crippen molar-refractivity contribution in [2.45, 2.75) is 82.0 Å². The number of amides is 3. The number of rotatable bonds is 22. The van der Waals surface area contributed by atoms with Crippen molar-refractivity contribution < 1.29 is 34.2 Å². The highest BCUT2D eigenvalue weighted by Gasteiger charge is 2.30. The summed E-state index contributed by atoms with van der Waals surface area (Å²) in [6, 6.07) is -4.82. The summed E-state index contributed by atoms with van der Waals surface area (Å²) in [7, 11) is 0. The number of nitrogens with one attached hydrogen (secondary N) is 3. The number of aliphatic imine (C=N–C) groups is 2. The van der Waals surface area contributed by atoms with E-state index in [9.17, 15) is 29.1 Å². The summed E-state index contributed by atoms with van der Waals surface area (Å²) >= 11 is 0. The van der Waals surface area contributed by atoms with E-state index < -0.39 is 53.8 Å². The van der Waals surface area contributed by atoms with Gasteiger partial charge in [-0.05, 0) is 57.9 Å². The van der Waals surface area contributed by atoms with Crippen LogP contribution in [0.25, 0.3) is 0 Å². The Labute approximate surface area is 238 Å². The first-order valence-electron chi connectivity index (χ1n) is 13.2. The molecule has 18 heteroatoms. The third-order valence-corrected chi connectivity index (χ3v) is 5.72. The number of nitrogens with zero attached hydrogens (tertiary/aromatic N) is 2. The third-order valence-electron chi connectivity index (χ3n) is 5.72. The Morgan fingerprint density at radius 3 is 1.49 bits per heavy atom. The summed E-state index contributed by atoms with van der Waals surface area (Å²) in [5, 5.41) is 25.8. The van der Waals surface area contributed by atoms with Gasteiger partial charge in [0.05, 0.1) is 6.04 Å². The first-order chi connectivity index (χ1) is 19.3. The predicted molar refractivity (Wildman–Crippen MR) is 151 cm³/mol. The summed E-state index contributed by atoms with van der Waals surface area (Å²) in [5.41, 5.74) is 32.5. The Morgan fingerprint density at radius 2 is 1.07 bits per heavy atom. The zero-order chi connectivity index (χ0) is 31.4. The third kappa shape index (κ3) is 17.9. The van der Waals surface area contributed by atoms with E-state index in [0.29, 0.717) is 19.4 Å². The minimum absolute atomic E-state index is 0.0380. The second-order valence-electron chi connectivity index (χ2n) is 9.24. The number of carbonyl (C=O) groups excluding carboxylic acids is 3. The molecule has 0 aromatic rings. The SMILES string of the molecule is NCCCC[C@H](NC(=O)[C@H](CCCN=C(N)N)NC(=O)[C@H](CCCN=C(N)N)NC(=O)[C@@H](N)CCC(=O)O)C(=O)O. The minimum atomic E-state index is -1.25. The van der Waals surface area contributed by atoms with Crippen LogP contribution in [0.2, 0.25) is 0 Å². The normalized spacial score (nSPS) is 13.5. The highest BCUT2D eigenvalue weighted by molar-refractivity contribution is 5.94. The molecule has 0 fully saturated rings. The van der Waals surface area contributed by atoms with E-state index in [-0.39, 0.29) is 70.0 Å². The van der Waals surface area contributed by atoms with Gasteiger partial charge in [-0.1, -0.05) is 0 Å². The topological polar surface area (TPSA) is 343 Å². The van der Waals surface area contributed by atoms with Crippen LogP contribution in [0.5, 0.6) is 0 Å². The van der Waals surface area contributed by atoms with Crippen LogP contribution in [-0.4, -0.2) is 95.6 Å². The number of carboxylic acids is 2. The molecule has 0 saturated carbocycles. The average Bonchev–Trinajstić information content (AvgIpc) is 2.89. The minimum Gasteiger partial charge on any atom is -0.481 e. The molecule has 17 N–H and O–H groups in total. The number of hydrogen-bond donors (Lipinski definition) is 11. The van der Waals surface area contributed by atoms with Crippen LogP contribution in [0.15, 0.2) is 9.98 Å². The lowest BCUT2D eigenvalue weighted by Crippen LogP contribution is -2.57. The molecule has 0 rings (SSSR count). The van der Waals surface area contributed by atoms with Crippen LogP contribution >= 0.6 is 0 Å². The van der Waals surface area contributed by atoms with Gasteiger partial charge >= 0.3 is 11.9 Å². The van der Waals surface area contributed by atoms with Gasteiger partial charge in [0, 0.05) is 19.5 Å². The van der Waals surface area contributed by atoms with Crippen LogP contribution in [0, 0.1) is 0 Å². The molecule has 18 nitrogen and oxygen atoms in total. The van der Waals surface area contributed by atoms with E-state index in [2.05, 4.69) is 25.9 Å². The van der Waals surface area contributed by atoms with E-state index in [0.717, 1.165) is 0 Å². The Bertz CT molecular complexity index is 922. The fourth-order valence-corrected chi connectivity index (χ4v) is 3.53. The molecule has 0 aliphatic heterocycles. The fourth-order valence-electron chi connectivity index (χ4n) is 3.53. The number of carbonyl (C=O) groups is 5. The zero-order valence-corrected chi connectivity index (χ0v) is 23.1. The van der Waals surface area contributed by atoms with Crippen molar-refractivity contribution in [2.24, 2.45) is 44.4 Å². The second kappa shape index (κ2) is 20.7. The first-order valence-corrected chi connectivity index (χ1v) is 13.2. The lowest BCUT2D eigenvalue weighted by molar-refractivity contribution is -0.142. The lowest BCUT2D eigenvalue weighted by Gasteiger charge is -2.25. The van der Waals surface area contributed by atoms with Crippen molar-refractivity contribution in [1.82, 2.24) is 16.0 Å². The number of carboxylic acid groups (broad SMARTS) is 2. The van der Waals surface area contributed by atoms with E-state index >= 15 is 0 Å². The molecule has 0 aliphatic carbocycles. The van der Waals surface area contributed by atoms with Crippen molar-refractivity contribution >= 4 is 41.6 Å². The first kappa shape index (κ1) is 36.8. The van der Waals surface area contributed by atoms with Crippen molar-refractivity contribution in [3.8, 4) is 0 Å². The van der Waals surface area contributed by atoms with Crippen molar-refractivity contribution in [1.29, 1.82) is 0 Å². The van der Waals surface area contributed by atoms with Gasteiger partial charge in [-0.3, -0.25) is 29.2 Å².